The third kappa shape index (κ3) is 2.87. The first-order valence-electron chi connectivity index (χ1n) is 7.82. The average Bonchev–Trinajstić information content (AvgIpc) is 2.53. The van der Waals surface area contributed by atoms with Crippen molar-refractivity contribution in [1.29, 1.82) is 0 Å². The van der Waals surface area contributed by atoms with Crippen LogP contribution in [0.3, 0.4) is 0 Å². The number of fused-ring (bicyclic) bond motifs is 1. The SMILES string of the molecule is CCC[C@H](c1ccc2ccccc2c1)N1CCNCC1. The van der Waals surface area contributed by atoms with E-state index in [0.717, 1.165) is 26.2 Å². The summed E-state index contributed by atoms with van der Waals surface area (Å²) in [5, 5.41) is 6.15. The fourth-order valence-corrected chi connectivity index (χ4v) is 3.24. The summed E-state index contributed by atoms with van der Waals surface area (Å²) in [4.78, 5) is 2.64. The highest BCUT2D eigenvalue weighted by molar-refractivity contribution is 5.83. The van der Waals surface area contributed by atoms with Gasteiger partial charge in [-0.25, -0.2) is 0 Å². The van der Waals surface area contributed by atoms with Crippen molar-refractivity contribution in [3.05, 3.63) is 48.0 Å². The minimum Gasteiger partial charge on any atom is -0.314 e. The molecule has 2 nitrogen and oxygen atoms in total. The minimum atomic E-state index is 0.576. The van der Waals surface area contributed by atoms with Gasteiger partial charge in [-0.15, -0.1) is 0 Å². The zero-order chi connectivity index (χ0) is 13.8. The molecule has 0 radical (unpaired) electrons. The number of hydrogen-bond donors (Lipinski definition) is 1. The molecular formula is C18H24N2. The van der Waals surface area contributed by atoms with E-state index in [0.29, 0.717) is 6.04 Å². The molecule has 1 aliphatic heterocycles. The van der Waals surface area contributed by atoms with Gasteiger partial charge in [0.2, 0.25) is 0 Å². The minimum absolute atomic E-state index is 0.576. The largest absolute Gasteiger partial charge is 0.314 e. The Morgan fingerprint density at radius 3 is 2.55 bits per heavy atom. The Morgan fingerprint density at radius 1 is 1.05 bits per heavy atom. The maximum Gasteiger partial charge on any atom is 0.0349 e. The highest BCUT2D eigenvalue weighted by Crippen LogP contribution is 2.28. The molecule has 0 saturated carbocycles. The van der Waals surface area contributed by atoms with Gasteiger partial charge in [0.15, 0.2) is 0 Å². The Morgan fingerprint density at radius 2 is 1.80 bits per heavy atom. The summed E-state index contributed by atoms with van der Waals surface area (Å²) >= 11 is 0. The van der Waals surface area contributed by atoms with Crippen LogP contribution in [0.25, 0.3) is 10.8 Å². The second-order valence-corrected chi connectivity index (χ2v) is 5.70. The van der Waals surface area contributed by atoms with Gasteiger partial charge in [-0.1, -0.05) is 49.7 Å². The van der Waals surface area contributed by atoms with E-state index in [1.807, 2.05) is 0 Å². The number of nitrogens with zero attached hydrogens (tertiary/aromatic N) is 1. The van der Waals surface area contributed by atoms with Gasteiger partial charge >= 0.3 is 0 Å². The molecule has 2 heteroatoms. The molecule has 1 fully saturated rings. The van der Waals surface area contributed by atoms with Gasteiger partial charge in [-0.2, -0.15) is 0 Å². The number of hydrogen-bond acceptors (Lipinski definition) is 2. The quantitative estimate of drug-likeness (QED) is 0.911. The summed E-state index contributed by atoms with van der Waals surface area (Å²) < 4.78 is 0. The van der Waals surface area contributed by atoms with Crippen LogP contribution in [0.15, 0.2) is 42.5 Å². The fourth-order valence-electron chi connectivity index (χ4n) is 3.24. The molecule has 0 spiro atoms. The van der Waals surface area contributed by atoms with Crippen LogP contribution in [0.1, 0.15) is 31.4 Å². The molecule has 0 unspecified atom stereocenters. The zero-order valence-electron chi connectivity index (χ0n) is 12.3. The zero-order valence-corrected chi connectivity index (χ0v) is 12.3. The summed E-state index contributed by atoms with van der Waals surface area (Å²) in [6, 6.07) is 16.2. The first-order valence-corrected chi connectivity index (χ1v) is 7.82. The third-order valence-electron chi connectivity index (χ3n) is 4.31. The smallest absolute Gasteiger partial charge is 0.0349 e. The highest BCUT2D eigenvalue weighted by Gasteiger charge is 2.21. The second kappa shape index (κ2) is 6.38. The summed E-state index contributed by atoms with van der Waals surface area (Å²) in [5.74, 6) is 0. The van der Waals surface area contributed by atoms with Crippen molar-refractivity contribution in [3.8, 4) is 0 Å². The average molecular weight is 268 g/mol. The van der Waals surface area contributed by atoms with Crippen molar-refractivity contribution in [2.24, 2.45) is 0 Å². The van der Waals surface area contributed by atoms with Crippen molar-refractivity contribution in [2.75, 3.05) is 26.2 Å². The normalized spacial score (nSPS) is 18.2. The molecule has 0 bridgehead atoms. The van der Waals surface area contributed by atoms with Crippen LogP contribution in [0.5, 0.6) is 0 Å². The summed E-state index contributed by atoms with van der Waals surface area (Å²) in [6.45, 7) is 6.85. The molecule has 2 aromatic carbocycles. The van der Waals surface area contributed by atoms with Gasteiger partial charge < -0.3 is 5.32 Å². The summed E-state index contributed by atoms with van der Waals surface area (Å²) in [5.41, 5.74) is 1.48. The van der Waals surface area contributed by atoms with E-state index in [9.17, 15) is 0 Å². The van der Waals surface area contributed by atoms with Crippen LogP contribution in [0.4, 0.5) is 0 Å². The predicted molar refractivity (Wildman–Crippen MR) is 86.0 cm³/mol. The lowest BCUT2D eigenvalue weighted by molar-refractivity contribution is 0.165. The van der Waals surface area contributed by atoms with Gasteiger partial charge in [-0.3, -0.25) is 4.90 Å². The van der Waals surface area contributed by atoms with Crippen molar-refractivity contribution in [2.45, 2.75) is 25.8 Å². The van der Waals surface area contributed by atoms with E-state index >= 15 is 0 Å². The van der Waals surface area contributed by atoms with Gasteiger partial charge in [0, 0.05) is 32.2 Å². The lowest BCUT2D eigenvalue weighted by atomic mass is 9.97. The Hall–Kier alpha value is -1.38. The maximum atomic E-state index is 3.45. The molecule has 0 aliphatic carbocycles. The van der Waals surface area contributed by atoms with Crippen LogP contribution >= 0.6 is 0 Å². The van der Waals surface area contributed by atoms with Gasteiger partial charge in [0.25, 0.3) is 0 Å². The van der Waals surface area contributed by atoms with E-state index in [1.54, 1.807) is 0 Å². The van der Waals surface area contributed by atoms with Crippen LogP contribution in [-0.4, -0.2) is 31.1 Å². The molecular weight excluding hydrogens is 244 g/mol. The maximum absolute atomic E-state index is 3.45. The van der Waals surface area contributed by atoms with Gasteiger partial charge in [-0.05, 0) is 28.8 Å². The molecule has 1 atom stereocenters. The van der Waals surface area contributed by atoms with E-state index in [1.165, 1.54) is 29.2 Å². The molecule has 0 aromatic heterocycles. The van der Waals surface area contributed by atoms with Crippen LogP contribution in [-0.2, 0) is 0 Å². The van der Waals surface area contributed by atoms with Crippen LogP contribution in [0, 0.1) is 0 Å². The molecule has 1 aliphatic rings. The van der Waals surface area contributed by atoms with Crippen LogP contribution < -0.4 is 5.32 Å². The molecule has 1 saturated heterocycles. The monoisotopic (exact) mass is 268 g/mol. The Kier molecular flexibility index (Phi) is 4.34. The number of benzene rings is 2. The standard InChI is InChI=1S/C18H24N2/c1-2-5-18(20-12-10-19-11-13-20)17-9-8-15-6-3-4-7-16(15)14-17/h3-4,6-9,14,18-19H,2,5,10-13H2,1H3/t18-/m1/s1. The summed E-state index contributed by atoms with van der Waals surface area (Å²) in [6.07, 6.45) is 2.49. The van der Waals surface area contributed by atoms with E-state index in [-0.39, 0.29) is 0 Å². The number of piperazine rings is 1. The second-order valence-electron chi connectivity index (χ2n) is 5.70. The molecule has 106 valence electrons. The van der Waals surface area contributed by atoms with Gasteiger partial charge in [0.1, 0.15) is 0 Å². The van der Waals surface area contributed by atoms with E-state index < -0.39 is 0 Å². The Labute approximate surface area is 121 Å². The first kappa shape index (κ1) is 13.6. The lowest BCUT2D eigenvalue weighted by Gasteiger charge is -2.35. The topological polar surface area (TPSA) is 15.3 Å². The molecule has 1 N–H and O–H groups in total. The Balaban J connectivity index is 1.91. The Bertz CT molecular complexity index is 558. The van der Waals surface area contributed by atoms with Gasteiger partial charge in [0.05, 0.1) is 0 Å². The number of nitrogens with one attached hydrogen (secondary N) is 1. The molecule has 20 heavy (non-hydrogen) atoms. The third-order valence-corrected chi connectivity index (χ3v) is 4.31. The fraction of sp³-hybridized carbons (Fsp3) is 0.444. The molecule has 1 heterocycles. The predicted octanol–water partition coefficient (Wildman–Crippen LogP) is 3.59. The molecule has 2 aromatic rings. The van der Waals surface area contributed by atoms with Crippen molar-refractivity contribution in [1.82, 2.24) is 10.2 Å². The number of rotatable bonds is 4. The summed E-state index contributed by atoms with van der Waals surface area (Å²) in [7, 11) is 0. The molecule has 3 rings (SSSR count). The van der Waals surface area contributed by atoms with Crippen molar-refractivity contribution in [3.63, 3.8) is 0 Å². The molecule has 0 amide bonds. The van der Waals surface area contributed by atoms with Crippen molar-refractivity contribution < 1.29 is 0 Å². The van der Waals surface area contributed by atoms with Crippen molar-refractivity contribution >= 4 is 10.8 Å². The van der Waals surface area contributed by atoms with E-state index in [2.05, 4.69) is 59.6 Å². The van der Waals surface area contributed by atoms with Crippen LogP contribution in [0.2, 0.25) is 0 Å². The highest BCUT2D eigenvalue weighted by atomic mass is 15.2. The lowest BCUT2D eigenvalue weighted by Crippen LogP contribution is -2.45. The first-order chi connectivity index (χ1) is 9.88. The van der Waals surface area contributed by atoms with E-state index in [4.69, 9.17) is 0 Å².